The Morgan fingerprint density at radius 2 is 1.36 bits per heavy atom. The van der Waals surface area contributed by atoms with Crippen LogP contribution in [0.3, 0.4) is 0 Å². The predicted molar refractivity (Wildman–Crippen MR) is 205 cm³/mol. The van der Waals surface area contributed by atoms with Crippen LogP contribution in [0.15, 0.2) is 69.6 Å². The molecule has 0 unspecified atom stereocenters. The number of halogens is 3. The molecular weight excluding hydrogens is 699 g/mol. The molecular formula is C37H45Cl3N6O4. The van der Waals surface area contributed by atoms with Gasteiger partial charge < -0.3 is 20.1 Å². The number of azo groups is 1. The molecule has 3 N–H and O–H groups in total. The van der Waals surface area contributed by atoms with E-state index < -0.39 is 5.56 Å². The fourth-order valence-corrected chi connectivity index (χ4v) is 6.20. The number of carbonyl (C=O) groups is 1. The molecule has 3 aromatic carbocycles. The second-order valence-corrected chi connectivity index (χ2v) is 13.2. The summed E-state index contributed by atoms with van der Waals surface area (Å²) in [6, 6.07) is 15.0. The van der Waals surface area contributed by atoms with Crippen LogP contribution in [0.1, 0.15) is 84.0 Å². The number of carbonyl (C=O) groups excluding carboxylic acids is 1. The monoisotopic (exact) mass is 742 g/mol. The minimum Gasteiger partial charge on any atom is -0.497 e. The van der Waals surface area contributed by atoms with Crippen LogP contribution in [0.2, 0.25) is 15.1 Å². The maximum absolute atomic E-state index is 13.8. The number of aromatic nitrogens is 2. The first kappa shape index (κ1) is 38.8. The van der Waals surface area contributed by atoms with Crippen molar-refractivity contribution in [3.05, 3.63) is 80.0 Å². The molecule has 0 aliphatic rings. The van der Waals surface area contributed by atoms with E-state index in [9.17, 15) is 9.59 Å². The summed E-state index contributed by atoms with van der Waals surface area (Å²) in [6.45, 7) is 2.24. The third-order valence-electron chi connectivity index (χ3n) is 8.17. The number of nitrogens with one attached hydrogen (secondary N) is 3. The van der Waals surface area contributed by atoms with Gasteiger partial charge in [0.2, 0.25) is 5.91 Å². The lowest BCUT2D eigenvalue weighted by Gasteiger charge is -2.12. The highest BCUT2D eigenvalue weighted by molar-refractivity contribution is 6.38. The maximum Gasteiger partial charge on any atom is 0.301 e. The third kappa shape index (κ3) is 11.3. The number of ether oxygens (including phenoxy) is 2. The van der Waals surface area contributed by atoms with Gasteiger partial charge in [0.05, 0.1) is 40.7 Å². The average Bonchev–Trinajstić information content (AvgIpc) is 3.40. The van der Waals surface area contributed by atoms with Crippen molar-refractivity contribution < 1.29 is 14.3 Å². The standard InChI is InChI=1S/C37H45Cl3N6O4/c1-4-5-6-7-8-9-10-11-12-13-14-15-33(47)41-26-18-21-29(38)32(22-26)42-36-34(44-43-25-16-19-27(49-2)20-17-25)37(48)46(45-36)35-30(39)23-28(50-3)24-31(35)40/h16-24,42,45H,4-15H2,1-3H3,(H,41,47)/b44-43+. The number of H-pyrrole nitrogens is 1. The smallest absolute Gasteiger partial charge is 0.301 e. The average molecular weight is 744 g/mol. The third-order valence-corrected chi connectivity index (χ3v) is 9.08. The second-order valence-electron chi connectivity index (χ2n) is 12.0. The Kier molecular flexibility index (Phi) is 15.5. The van der Waals surface area contributed by atoms with E-state index in [0.717, 1.165) is 19.3 Å². The van der Waals surface area contributed by atoms with Gasteiger partial charge in [0.15, 0.2) is 11.5 Å². The van der Waals surface area contributed by atoms with E-state index in [4.69, 9.17) is 44.3 Å². The molecule has 0 fully saturated rings. The van der Waals surface area contributed by atoms with Crippen LogP contribution in [-0.4, -0.2) is 29.9 Å². The van der Waals surface area contributed by atoms with Gasteiger partial charge in [-0.2, -0.15) is 5.11 Å². The molecule has 4 rings (SSSR count). The number of unbranched alkanes of at least 4 members (excludes halogenated alkanes) is 10. The Morgan fingerprint density at radius 3 is 1.96 bits per heavy atom. The molecule has 4 aromatic rings. The summed E-state index contributed by atoms with van der Waals surface area (Å²) in [5.74, 6) is 1.17. The van der Waals surface area contributed by atoms with Gasteiger partial charge >= 0.3 is 5.56 Å². The van der Waals surface area contributed by atoms with Gasteiger partial charge in [-0.25, -0.2) is 4.68 Å². The number of nitrogens with zero attached hydrogens (tertiary/aromatic N) is 3. The molecule has 50 heavy (non-hydrogen) atoms. The first-order valence-corrected chi connectivity index (χ1v) is 18.2. The van der Waals surface area contributed by atoms with Crippen LogP contribution in [0.5, 0.6) is 11.5 Å². The summed E-state index contributed by atoms with van der Waals surface area (Å²) in [7, 11) is 3.05. The van der Waals surface area contributed by atoms with Crippen LogP contribution in [0.25, 0.3) is 5.69 Å². The van der Waals surface area contributed by atoms with Crippen LogP contribution in [-0.2, 0) is 4.79 Å². The zero-order valence-corrected chi connectivity index (χ0v) is 31.1. The fraction of sp³-hybridized carbons (Fsp3) is 0.405. The topological polar surface area (TPSA) is 122 Å². The van der Waals surface area contributed by atoms with Crippen LogP contribution in [0.4, 0.5) is 28.6 Å². The summed E-state index contributed by atoms with van der Waals surface area (Å²) in [5.41, 5.74) is 1.01. The van der Waals surface area contributed by atoms with E-state index in [-0.39, 0.29) is 33.1 Å². The van der Waals surface area contributed by atoms with E-state index in [1.165, 1.54) is 63.2 Å². The summed E-state index contributed by atoms with van der Waals surface area (Å²) in [4.78, 5) is 26.6. The van der Waals surface area contributed by atoms with Crippen molar-refractivity contribution in [3.63, 3.8) is 0 Å². The highest BCUT2D eigenvalue weighted by atomic mass is 35.5. The van der Waals surface area contributed by atoms with E-state index in [1.807, 2.05) is 0 Å². The van der Waals surface area contributed by atoms with Crippen LogP contribution in [0, 0.1) is 0 Å². The number of benzene rings is 3. The molecule has 10 nitrogen and oxygen atoms in total. The molecule has 0 spiro atoms. The normalized spacial score (nSPS) is 11.2. The zero-order valence-electron chi connectivity index (χ0n) is 28.8. The Hall–Kier alpha value is -3.99. The lowest BCUT2D eigenvalue weighted by atomic mass is 10.1. The number of methoxy groups -OCH3 is 2. The first-order valence-electron chi connectivity index (χ1n) is 17.0. The number of rotatable bonds is 20. The van der Waals surface area contributed by atoms with Crippen molar-refractivity contribution in [2.75, 3.05) is 24.9 Å². The number of aromatic amines is 1. The number of amides is 1. The minimum absolute atomic E-state index is 0.0641. The first-order chi connectivity index (χ1) is 24.2. The Morgan fingerprint density at radius 1 is 0.760 bits per heavy atom. The van der Waals surface area contributed by atoms with Gasteiger partial charge in [0.1, 0.15) is 17.2 Å². The Balaban J connectivity index is 1.47. The van der Waals surface area contributed by atoms with Crippen molar-refractivity contribution >= 4 is 69.3 Å². The molecule has 1 amide bonds. The van der Waals surface area contributed by atoms with Gasteiger partial charge in [-0.15, -0.1) is 5.11 Å². The quantitative estimate of drug-likeness (QED) is 0.0614. The fourth-order valence-electron chi connectivity index (χ4n) is 5.40. The van der Waals surface area contributed by atoms with E-state index in [2.05, 4.69) is 32.9 Å². The molecule has 0 aliphatic heterocycles. The highest BCUT2D eigenvalue weighted by Gasteiger charge is 2.21. The maximum atomic E-state index is 13.8. The summed E-state index contributed by atoms with van der Waals surface area (Å²) in [5, 5.41) is 18.3. The van der Waals surface area contributed by atoms with E-state index in [0.29, 0.717) is 40.0 Å². The van der Waals surface area contributed by atoms with Gasteiger partial charge in [-0.05, 0) is 48.9 Å². The summed E-state index contributed by atoms with van der Waals surface area (Å²) in [6.07, 6.45) is 13.8. The van der Waals surface area contributed by atoms with Crippen molar-refractivity contribution in [1.29, 1.82) is 0 Å². The molecule has 0 bridgehead atoms. The summed E-state index contributed by atoms with van der Waals surface area (Å²) < 4.78 is 11.6. The van der Waals surface area contributed by atoms with Crippen molar-refractivity contribution in [3.8, 4) is 17.2 Å². The molecule has 0 saturated carbocycles. The van der Waals surface area contributed by atoms with Crippen molar-refractivity contribution in [2.45, 2.75) is 84.0 Å². The van der Waals surface area contributed by atoms with Crippen LogP contribution < -0.4 is 25.7 Å². The highest BCUT2D eigenvalue weighted by Crippen LogP contribution is 2.36. The molecule has 13 heteroatoms. The lowest BCUT2D eigenvalue weighted by molar-refractivity contribution is -0.116. The molecule has 268 valence electrons. The SMILES string of the molecule is CCCCCCCCCCCCCC(=O)Nc1ccc(Cl)c(Nc2[nH]n(-c3c(Cl)cc(OC)cc3Cl)c(=O)c2/N=N/c2ccc(OC)cc2)c1. The van der Waals surface area contributed by atoms with Gasteiger partial charge in [-0.3, -0.25) is 14.7 Å². The van der Waals surface area contributed by atoms with E-state index in [1.54, 1.807) is 61.7 Å². The number of hydrogen-bond donors (Lipinski definition) is 3. The molecule has 0 atom stereocenters. The van der Waals surface area contributed by atoms with Crippen LogP contribution >= 0.6 is 34.8 Å². The molecule has 1 aromatic heterocycles. The predicted octanol–water partition coefficient (Wildman–Crippen LogP) is 11.9. The largest absolute Gasteiger partial charge is 0.497 e. The Labute approximate surface area is 308 Å². The van der Waals surface area contributed by atoms with Gasteiger partial charge in [-0.1, -0.05) is 106 Å². The number of anilines is 3. The summed E-state index contributed by atoms with van der Waals surface area (Å²) >= 11 is 19.7. The van der Waals surface area contributed by atoms with Crippen molar-refractivity contribution in [2.24, 2.45) is 10.2 Å². The minimum atomic E-state index is -0.578. The lowest BCUT2D eigenvalue weighted by Crippen LogP contribution is -2.15. The molecule has 0 aliphatic carbocycles. The van der Waals surface area contributed by atoms with Gasteiger partial charge in [0, 0.05) is 24.2 Å². The molecule has 1 heterocycles. The molecule has 0 saturated heterocycles. The second kappa shape index (κ2) is 20.0. The number of hydrogen-bond acceptors (Lipinski definition) is 7. The zero-order chi connectivity index (χ0) is 35.9. The Bertz CT molecular complexity index is 1770. The van der Waals surface area contributed by atoms with Crippen molar-refractivity contribution in [1.82, 2.24) is 9.78 Å². The van der Waals surface area contributed by atoms with Gasteiger partial charge in [0.25, 0.3) is 0 Å². The van der Waals surface area contributed by atoms with E-state index >= 15 is 0 Å². The molecule has 0 radical (unpaired) electrons.